The van der Waals surface area contributed by atoms with Gasteiger partial charge in [0.15, 0.2) is 0 Å². The molecule has 0 spiro atoms. The molecule has 120 valence electrons. The van der Waals surface area contributed by atoms with Gasteiger partial charge in [0, 0.05) is 18.1 Å². The Balaban J connectivity index is 1.98. The molecule has 0 aliphatic carbocycles. The molecule has 5 nitrogen and oxygen atoms in total. The average Bonchev–Trinajstić information content (AvgIpc) is 2.54. The van der Waals surface area contributed by atoms with Gasteiger partial charge in [0.05, 0.1) is 6.42 Å². The molecule has 23 heavy (non-hydrogen) atoms. The molecule has 0 radical (unpaired) electrons. The van der Waals surface area contributed by atoms with Crippen LogP contribution in [0.15, 0.2) is 54.9 Å². The summed E-state index contributed by atoms with van der Waals surface area (Å²) in [4.78, 5) is 28.5. The zero-order chi connectivity index (χ0) is 16.7. The third-order valence-corrected chi connectivity index (χ3v) is 3.42. The molecule has 2 rings (SSSR count). The minimum atomic E-state index is -0.584. The summed E-state index contributed by atoms with van der Waals surface area (Å²) in [5.74, 6) is -0.413. The van der Waals surface area contributed by atoms with Crippen LogP contribution in [0.5, 0.6) is 0 Å². The van der Waals surface area contributed by atoms with E-state index in [0.29, 0.717) is 5.69 Å². The lowest BCUT2D eigenvalue weighted by atomic mass is 10.0. The quantitative estimate of drug-likeness (QED) is 0.860. The summed E-state index contributed by atoms with van der Waals surface area (Å²) in [6, 6.07) is 12.3. The first-order valence-corrected chi connectivity index (χ1v) is 7.60. The predicted molar refractivity (Wildman–Crippen MR) is 89.8 cm³/mol. The Morgan fingerprint density at radius 2 is 1.70 bits per heavy atom. The molecule has 1 aromatic carbocycles. The number of carbonyl (C=O) groups excluding carboxylic acids is 2. The topological polar surface area (TPSA) is 71.1 Å². The fourth-order valence-corrected chi connectivity index (χ4v) is 2.20. The van der Waals surface area contributed by atoms with Gasteiger partial charge in [0.2, 0.25) is 11.8 Å². The first kappa shape index (κ1) is 16.7. The molecule has 5 heteroatoms. The van der Waals surface area contributed by atoms with Crippen LogP contribution in [0.25, 0.3) is 0 Å². The third kappa shape index (κ3) is 5.21. The predicted octanol–water partition coefficient (Wildman–Crippen LogP) is 2.40. The van der Waals surface area contributed by atoms with Crippen LogP contribution in [0.1, 0.15) is 19.4 Å². The SMILES string of the molecule is CC(C)C(NC(=O)Cc1ccccc1)C(=O)Nc1ccncc1. The smallest absolute Gasteiger partial charge is 0.247 e. The van der Waals surface area contributed by atoms with Crippen LogP contribution in [-0.2, 0) is 16.0 Å². The van der Waals surface area contributed by atoms with Gasteiger partial charge in [-0.2, -0.15) is 0 Å². The minimum absolute atomic E-state index is 0.0171. The van der Waals surface area contributed by atoms with Crippen molar-refractivity contribution in [2.45, 2.75) is 26.3 Å². The van der Waals surface area contributed by atoms with Crippen LogP contribution in [0, 0.1) is 5.92 Å². The average molecular weight is 311 g/mol. The number of pyridine rings is 1. The summed E-state index contributed by atoms with van der Waals surface area (Å²) in [5, 5.41) is 5.62. The zero-order valence-corrected chi connectivity index (χ0v) is 13.3. The molecule has 0 saturated carbocycles. The van der Waals surface area contributed by atoms with Crippen LogP contribution in [0.3, 0.4) is 0 Å². The number of aromatic nitrogens is 1. The van der Waals surface area contributed by atoms with Gasteiger partial charge in [-0.05, 0) is 23.6 Å². The van der Waals surface area contributed by atoms with Crippen LogP contribution in [-0.4, -0.2) is 22.8 Å². The van der Waals surface area contributed by atoms with Gasteiger partial charge in [-0.15, -0.1) is 0 Å². The van der Waals surface area contributed by atoms with Gasteiger partial charge in [-0.25, -0.2) is 0 Å². The van der Waals surface area contributed by atoms with Gasteiger partial charge in [-0.3, -0.25) is 14.6 Å². The molecular formula is C18H21N3O2. The van der Waals surface area contributed by atoms with Crippen molar-refractivity contribution in [1.29, 1.82) is 0 Å². The number of hydrogen-bond donors (Lipinski definition) is 2. The van der Waals surface area contributed by atoms with Gasteiger partial charge in [0.25, 0.3) is 0 Å². The highest BCUT2D eigenvalue weighted by Crippen LogP contribution is 2.09. The number of rotatable bonds is 6. The van der Waals surface area contributed by atoms with Crippen LogP contribution in [0.4, 0.5) is 5.69 Å². The molecule has 0 bridgehead atoms. The highest BCUT2D eigenvalue weighted by atomic mass is 16.2. The Labute approximate surface area is 136 Å². The first-order chi connectivity index (χ1) is 11.1. The summed E-state index contributed by atoms with van der Waals surface area (Å²) >= 11 is 0. The molecule has 1 heterocycles. The molecule has 2 amide bonds. The molecule has 2 aromatic rings. The van der Waals surface area contributed by atoms with Crippen molar-refractivity contribution in [2.75, 3.05) is 5.32 Å². The summed E-state index contributed by atoms with van der Waals surface area (Å²) < 4.78 is 0. The van der Waals surface area contributed by atoms with Crippen LogP contribution in [0.2, 0.25) is 0 Å². The number of benzene rings is 1. The van der Waals surface area contributed by atoms with E-state index in [1.54, 1.807) is 24.5 Å². The summed E-state index contributed by atoms with van der Waals surface area (Å²) in [5.41, 5.74) is 1.58. The van der Waals surface area contributed by atoms with Crippen molar-refractivity contribution in [3.8, 4) is 0 Å². The number of nitrogens with zero attached hydrogens (tertiary/aromatic N) is 1. The van der Waals surface area contributed by atoms with Gasteiger partial charge < -0.3 is 10.6 Å². The Bertz CT molecular complexity index is 642. The summed E-state index contributed by atoms with van der Waals surface area (Å²) in [6.45, 7) is 3.80. The Morgan fingerprint density at radius 1 is 1.04 bits per heavy atom. The highest BCUT2D eigenvalue weighted by molar-refractivity contribution is 5.97. The van der Waals surface area contributed by atoms with Crippen molar-refractivity contribution < 1.29 is 9.59 Å². The zero-order valence-electron chi connectivity index (χ0n) is 13.3. The monoisotopic (exact) mass is 311 g/mol. The molecule has 1 unspecified atom stereocenters. The number of nitrogens with one attached hydrogen (secondary N) is 2. The largest absolute Gasteiger partial charge is 0.344 e. The van der Waals surface area contributed by atoms with Crippen molar-refractivity contribution in [1.82, 2.24) is 10.3 Å². The van der Waals surface area contributed by atoms with E-state index in [1.807, 2.05) is 44.2 Å². The van der Waals surface area contributed by atoms with E-state index in [1.165, 1.54) is 0 Å². The highest BCUT2D eigenvalue weighted by Gasteiger charge is 2.24. The van der Waals surface area contributed by atoms with E-state index in [-0.39, 0.29) is 24.2 Å². The minimum Gasteiger partial charge on any atom is -0.344 e. The lowest BCUT2D eigenvalue weighted by molar-refractivity contribution is -0.127. The van der Waals surface area contributed by atoms with E-state index in [9.17, 15) is 9.59 Å². The first-order valence-electron chi connectivity index (χ1n) is 7.60. The number of carbonyl (C=O) groups is 2. The second kappa shape index (κ2) is 8.08. The molecule has 0 aliphatic heterocycles. The summed E-state index contributed by atoms with van der Waals surface area (Å²) in [6.07, 6.45) is 3.47. The molecular weight excluding hydrogens is 290 g/mol. The number of hydrogen-bond acceptors (Lipinski definition) is 3. The van der Waals surface area contributed by atoms with E-state index in [4.69, 9.17) is 0 Å². The molecule has 1 aromatic heterocycles. The van der Waals surface area contributed by atoms with Crippen LogP contribution >= 0.6 is 0 Å². The van der Waals surface area contributed by atoms with E-state index in [0.717, 1.165) is 5.56 Å². The van der Waals surface area contributed by atoms with Crippen molar-refractivity contribution in [2.24, 2.45) is 5.92 Å². The Hall–Kier alpha value is -2.69. The Morgan fingerprint density at radius 3 is 2.30 bits per heavy atom. The third-order valence-electron chi connectivity index (χ3n) is 3.42. The fourth-order valence-electron chi connectivity index (χ4n) is 2.20. The van der Waals surface area contributed by atoms with E-state index < -0.39 is 6.04 Å². The molecule has 0 aliphatic rings. The Kier molecular flexibility index (Phi) is 5.86. The maximum Gasteiger partial charge on any atom is 0.247 e. The molecule has 2 N–H and O–H groups in total. The maximum atomic E-state index is 12.4. The lowest BCUT2D eigenvalue weighted by Gasteiger charge is -2.21. The number of anilines is 1. The van der Waals surface area contributed by atoms with E-state index >= 15 is 0 Å². The maximum absolute atomic E-state index is 12.4. The van der Waals surface area contributed by atoms with Gasteiger partial charge >= 0.3 is 0 Å². The second-order valence-electron chi connectivity index (χ2n) is 5.68. The molecule has 1 atom stereocenters. The summed E-state index contributed by atoms with van der Waals surface area (Å²) in [7, 11) is 0. The van der Waals surface area contributed by atoms with Gasteiger partial charge in [0.1, 0.15) is 6.04 Å². The molecule has 0 fully saturated rings. The van der Waals surface area contributed by atoms with Gasteiger partial charge in [-0.1, -0.05) is 44.2 Å². The normalized spacial score (nSPS) is 11.8. The van der Waals surface area contributed by atoms with Crippen molar-refractivity contribution in [3.63, 3.8) is 0 Å². The lowest BCUT2D eigenvalue weighted by Crippen LogP contribution is -2.47. The van der Waals surface area contributed by atoms with Crippen molar-refractivity contribution in [3.05, 3.63) is 60.4 Å². The van der Waals surface area contributed by atoms with E-state index in [2.05, 4.69) is 15.6 Å². The molecule has 0 saturated heterocycles. The second-order valence-corrected chi connectivity index (χ2v) is 5.68. The standard InChI is InChI=1S/C18H21N3O2/c1-13(2)17(18(23)20-15-8-10-19-11-9-15)21-16(22)12-14-6-4-3-5-7-14/h3-11,13,17H,12H2,1-2H3,(H,21,22)(H,19,20,23). The van der Waals surface area contributed by atoms with Crippen molar-refractivity contribution >= 4 is 17.5 Å². The van der Waals surface area contributed by atoms with Crippen LogP contribution < -0.4 is 10.6 Å². The number of amides is 2. The fraction of sp³-hybridized carbons (Fsp3) is 0.278.